The van der Waals surface area contributed by atoms with Gasteiger partial charge in [-0.2, -0.15) is 0 Å². The summed E-state index contributed by atoms with van der Waals surface area (Å²) in [5.41, 5.74) is 5.58. The number of rotatable bonds is 3. The van der Waals surface area contributed by atoms with Crippen LogP contribution in [0.15, 0.2) is 0 Å². The Morgan fingerprint density at radius 3 is 2.40 bits per heavy atom. The monoisotopic (exact) mass is 213 g/mol. The van der Waals surface area contributed by atoms with E-state index in [4.69, 9.17) is 5.73 Å². The van der Waals surface area contributed by atoms with Crippen LogP contribution >= 0.6 is 0 Å². The summed E-state index contributed by atoms with van der Waals surface area (Å²) in [5.74, 6) is 0.829. The molecule has 0 aromatic heterocycles. The summed E-state index contributed by atoms with van der Waals surface area (Å²) in [6.45, 7) is 4.63. The van der Waals surface area contributed by atoms with Gasteiger partial charge in [-0.25, -0.2) is 0 Å². The maximum atomic E-state index is 11.6. The number of nitrogens with zero attached hydrogens (tertiary/aromatic N) is 2. The summed E-state index contributed by atoms with van der Waals surface area (Å²) in [6, 6.07) is -0.351. The van der Waals surface area contributed by atoms with Gasteiger partial charge in [0.1, 0.15) is 0 Å². The Balaban J connectivity index is 2.32. The SMILES string of the molecule is CC(N)C(=O)N1CCC(CN(C)C)CC1. The fraction of sp³-hybridized carbons (Fsp3) is 0.909. The summed E-state index contributed by atoms with van der Waals surface area (Å²) >= 11 is 0. The van der Waals surface area contributed by atoms with Crippen LogP contribution in [0.4, 0.5) is 0 Å². The van der Waals surface area contributed by atoms with Gasteiger partial charge in [-0.15, -0.1) is 0 Å². The van der Waals surface area contributed by atoms with E-state index in [0.29, 0.717) is 0 Å². The molecule has 0 aromatic rings. The number of carbonyl (C=O) groups excluding carboxylic acids is 1. The van der Waals surface area contributed by atoms with E-state index in [1.165, 1.54) is 0 Å². The molecule has 4 nitrogen and oxygen atoms in total. The topological polar surface area (TPSA) is 49.6 Å². The van der Waals surface area contributed by atoms with E-state index >= 15 is 0 Å². The van der Waals surface area contributed by atoms with Crippen LogP contribution in [0.3, 0.4) is 0 Å². The molecule has 0 spiro atoms. The predicted octanol–water partition coefficient (Wildman–Crippen LogP) is 0.134. The lowest BCUT2D eigenvalue weighted by Gasteiger charge is -2.34. The third-order valence-electron chi connectivity index (χ3n) is 2.94. The van der Waals surface area contributed by atoms with E-state index in [-0.39, 0.29) is 11.9 Å². The standard InChI is InChI=1S/C11H23N3O/c1-9(12)11(15)14-6-4-10(5-7-14)8-13(2)3/h9-10H,4-8,12H2,1-3H3. The van der Waals surface area contributed by atoms with Gasteiger partial charge < -0.3 is 15.5 Å². The van der Waals surface area contributed by atoms with Crippen molar-refractivity contribution >= 4 is 5.91 Å². The van der Waals surface area contributed by atoms with Gasteiger partial charge in [-0.05, 0) is 39.8 Å². The number of piperidine rings is 1. The van der Waals surface area contributed by atoms with Crippen LogP contribution in [0.1, 0.15) is 19.8 Å². The van der Waals surface area contributed by atoms with Crippen molar-refractivity contribution in [1.29, 1.82) is 0 Å². The van der Waals surface area contributed by atoms with E-state index in [0.717, 1.165) is 38.4 Å². The lowest BCUT2D eigenvalue weighted by molar-refractivity contribution is -0.133. The average Bonchev–Trinajstić information content (AvgIpc) is 2.17. The molecule has 1 amide bonds. The highest BCUT2D eigenvalue weighted by Gasteiger charge is 2.24. The van der Waals surface area contributed by atoms with E-state index in [2.05, 4.69) is 19.0 Å². The first-order chi connectivity index (χ1) is 7.00. The van der Waals surface area contributed by atoms with Crippen LogP contribution in [0.5, 0.6) is 0 Å². The van der Waals surface area contributed by atoms with Crippen molar-refractivity contribution in [1.82, 2.24) is 9.80 Å². The van der Waals surface area contributed by atoms with Gasteiger partial charge in [0.15, 0.2) is 0 Å². The lowest BCUT2D eigenvalue weighted by atomic mass is 9.96. The molecular formula is C11H23N3O. The highest BCUT2D eigenvalue weighted by atomic mass is 16.2. The third kappa shape index (κ3) is 3.80. The second kappa shape index (κ2) is 5.47. The minimum Gasteiger partial charge on any atom is -0.341 e. The Labute approximate surface area is 92.4 Å². The second-order valence-corrected chi connectivity index (χ2v) is 4.82. The van der Waals surface area contributed by atoms with Gasteiger partial charge in [0.05, 0.1) is 6.04 Å². The van der Waals surface area contributed by atoms with Crippen LogP contribution < -0.4 is 5.73 Å². The van der Waals surface area contributed by atoms with Crippen molar-refractivity contribution in [3.05, 3.63) is 0 Å². The van der Waals surface area contributed by atoms with Gasteiger partial charge in [0, 0.05) is 19.6 Å². The minimum absolute atomic E-state index is 0.0957. The largest absolute Gasteiger partial charge is 0.341 e. The Morgan fingerprint density at radius 1 is 1.47 bits per heavy atom. The smallest absolute Gasteiger partial charge is 0.239 e. The van der Waals surface area contributed by atoms with Gasteiger partial charge in [0.2, 0.25) is 5.91 Å². The Morgan fingerprint density at radius 2 is 2.00 bits per heavy atom. The molecule has 0 aliphatic carbocycles. The molecule has 1 saturated heterocycles. The van der Waals surface area contributed by atoms with E-state index in [9.17, 15) is 4.79 Å². The normalized spacial score (nSPS) is 20.7. The zero-order valence-corrected chi connectivity index (χ0v) is 10.1. The Bertz CT molecular complexity index is 208. The van der Waals surface area contributed by atoms with Crippen LogP contribution in [0, 0.1) is 5.92 Å². The number of hydrogen-bond acceptors (Lipinski definition) is 3. The second-order valence-electron chi connectivity index (χ2n) is 4.82. The van der Waals surface area contributed by atoms with Crippen molar-refractivity contribution in [2.45, 2.75) is 25.8 Å². The summed E-state index contributed by atoms with van der Waals surface area (Å²) < 4.78 is 0. The van der Waals surface area contributed by atoms with Crippen molar-refractivity contribution in [2.75, 3.05) is 33.7 Å². The molecule has 1 aliphatic heterocycles. The molecule has 88 valence electrons. The van der Waals surface area contributed by atoms with E-state index < -0.39 is 0 Å². The molecule has 1 heterocycles. The van der Waals surface area contributed by atoms with Crippen LogP contribution in [0.2, 0.25) is 0 Å². The number of likely N-dealkylation sites (tertiary alicyclic amines) is 1. The molecule has 15 heavy (non-hydrogen) atoms. The van der Waals surface area contributed by atoms with Crippen LogP contribution in [-0.2, 0) is 4.79 Å². The average molecular weight is 213 g/mol. The maximum Gasteiger partial charge on any atom is 0.239 e. The minimum atomic E-state index is -0.351. The molecule has 1 atom stereocenters. The van der Waals surface area contributed by atoms with Gasteiger partial charge in [-0.1, -0.05) is 0 Å². The molecule has 1 rings (SSSR count). The molecule has 4 heteroatoms. The first-order valence-corrected chi connectivity index (χ1v) is 5.69. The van der Waals surface area contributed by atoms with Crippen molar-refractivity contribution in [3.63, 3.8) is 0 Å². The molecular weight excluding hydrogens is 190 g/mol. The Kier molecular flexibility index (Phi) is 4.54. The van der Waals surface area contributed by atoms with E-state index in [1.807, 2.05) is 4.90 Å². The molecule has 0 saturated carbocycles. The highest BCUT2D eigenvalue weighted by molar-refractivity contribution is 5.81. The molecule has 1 unspecified atom stereocenters. The molecule has 1 fully saturated rings. The fourth-order valence-electron chi connectivity index (χ4n) is 2.14. The quantitative estimate of drug-likeness (QED) is 0.725. The van der Waals surface area contributed by atoms with Crippen molar-refractivity contribution in [3.8, 4) is 0 Å². The van der Waals surface area contributed by atoms with Crippen LogP contribution in [-0.4, -0.2) is 55.5 Å². The summed E-state index contributed by atoms with van der Waals surface area (Å²) in [7, 11) is 4.19. The summed E-state index contributed by atoms with van der Waals surface area (Å²) in [5, 5.41) is 0. The number of hydrogen-bond donors (Lipinski definition) is 1. The zero-order chi connectivity index (χ0) is 11.4. The van der Waals surface area contributed by atoms with Crippen molar-refractivity contribution in [2.24, 2.45) is 11.7 Å². The van der Waals surface area contributed by atoms with E-state index in [1.54, 1.807) is 6.92 Å². The first kappa shape index (κ1) is 12.5. The molecule has 1 aliphatic rings. The van der Waals surface area contributed by atoms with Gasteiger partial charge in [0.25, 0.3) is 0 Å². The first-order valence-electron chi connectivity index (χ1n) is 5.69. The molecule has 0 aromatic carbocycles. The number of amides is 1. The predicted molar refractivity (Wildman–Crippen MR) is 61.5 cm³/mol. The van der Waals surface area contributed by atoms with Gasteiger partial charge in [-0.3, -0.25) is 4.79 Å². The Hall–Kier alpha value is -0.610. The molecule has 0 radical (unpaired) electrons. The lowest BCUT2D eigenvalue weighted by Crippen LogP contribution is -2.46. The summed E-state index contributed by atoms with van der Waals surface area (Å²) in [6.07, 6.45) is 2.22. The van der Waals surface area contributed by atoms with Crippen molar-refractivity contribution < 1.29 is 4.79 Å². The van der Waals surface area contributed by atoms with Gasteiger partial charge >= 0.3 is 0 Å². The molecule has 2 N–H and O–H groups in total. The highest BCUT2D eigenvalue weighted by Crippen LogP contribution is 2.17. The fourth-order valence-corrected chi connectivity index (χ4v) is 2.14. The third-order valence-corrected chi connectivity index (χ3v) is 2.94. The maximum absolute atomic E-state index is 11.6. The molecule has 0 bridgehead atoms. The zero-order valence-electron chi connectivity index (χ0n) is 10.1. The summed E-state index contributed by atoms with van der Waals surface area (Å²) in [4.78, 5) is 15.7. The number of carbonyl (C=O) groups is 1. The van der Waals surface area contributed by atoms with Crippen LogP contribution in [0.25, 0.3) is 0 Å². The number of nitrogens with two attached hydrogens (primary N) is 1.